The van der Waals surface area contributed by atoms with E-state index in [4.69, 9.17) is 37.2 Å². The Morgan fingerprint density at radius 2 is 1.69 bits per heavy atom. The summed E-state index contributed by atoms with van der Waals surface area (Å²) < 4.78 is 56.7. The quantitative estimate of drug-likeness (QED) is 0.163. The van der Waals surface area contributed by atoms with Crippen molar-refractivity contribution in [2.45, 2.75) is 103 Å². The van der Waals surface area contributed by atoms with E-state index in [9.17, 15) is 13.2 Å². The Morgan fingerprint density at radius 3 is 2.27 bits per heavy atom. The van der Waals surface area contributed by atoms with Gasteiger partial charge in [0.1, 0.15) is 22.7 Å². The van der Waals surface area contributed by atoms with Gasteiger partial charge in [-0.05, 0) is 67.5 Å². The molecule has 3 aliphatic rings. The zero-order valence-corrected chi connectivity index (χ0v) is 32.9. The lowest BCUT2D eigenvalue weighted by Crippen LogP contribution is -2.49. The van der Waals surface area contributed by atoms with Gasteiger partial charge in [-0.1, -0.05) is 64.7 Å². The molecule has 0 spiro atoms. The molecule has 0 saturated carbocycles. The third kappa shape index (κ3) is 6.48. The normalized spacial score (nSPS) is 22.6. The second-order valence-electron chi connectivity index (χ2n) is 15.9. The molecule has 0 amide bonds. The first-order valence-corrected chi connectivity index (χ1v) is 22.6. The van der Waals surface area contributed by atoms with E-state index in [1.807, 2.05) is 0 Å². The van der Waals surface area contributed by atoms with Crippen LogP contribution in [0.25, 0.3) is 5.82 Å². The summed E-state index contributed by atoms with van der Waals surface area (Å²) in [7, 11) is -4.35. The van der Waals surface area contributed by atoms with Crippen LogP contribution in [0.3, 0.4) is 0 Å². The largest absolute Gasteiger partial charge is 0.414 e. The Morgan fingerprint density at radius 1 is 1.04 bits per heavy atom. The van der Waals surface area contributed by atoms with Crippen molar-refractivity contribution in [3.05, 3.63) is 64.5 Å². The molecule has 0 aliphatic carbocycles. The van der Waals surface area contributed by atoms with Gasteiger partial charge in [-0.25, -0.2) is 4.98 Å². The number of allylic oxidation sites excluding steroid dienone is 2. The highest BCUT2D eigenvalue weighted by molar-refractivity contribution is 6.74. The summed E-state index contributed by atoms with van der Waals surface area (Å²) in [5.74, 6) is 0.252. The maximum atomic E-state index is 14.4. The zero-order valence-electron chi connectivity index (χ0n) is 29.4. The van der Waals surface area contributed by atoms with Gasteiger partial charge in [-0.15, -0.1) is 9.90 Å². The first kappa shape index (κ1) is 36.9. The van der Waals surface area contributed by atoms with Gasteiger partial charge < -0.3 is 14.2 Å². The molecule has 0 aromatic carbocycles. The third-order valence-corrected chi connectivity index (χ3v) is 20.0. The maximum absolute atomic E-state index is 14.4. The molecule has 2 unspecified atom stereocenters. The number of pyridine rings is 1. The highest BCUT2D eigenvalue weighted by Crippen LogP contribution is 2.53. The second-order valence-corrected chi connectivity index (χ2v) is 26.3. The van der Waals surface area contributed by atoms with Gasteiger partial charge in [-0.3, -0.25) is 10.0 Å². The number of alkyl halides is 4. The maximum Gasteiger partial charge on any atom is 0.401 e. The van der Waals surface area contributed by atoms with Crippen LogP contribution in [0.15, 0.2) is 53.8 Å². The molecule has 0 radical (unpaired) electrons. The van der Waals surface area contributed by atoms with Gasteiger partial charge in [0.25, 0.3) is 0 Å². The van der Waals surface area contributed by atoms with E-state index in [1.54, 1.807) is 35.5 Å². The van der Waals surface area contributed by atoms with E-state index in [0.29, 0.717) is 29.4 Å². The number of rotatable bonds is 8. The Hall–Kier alpha value is -2.37. The fraction of sp³-hybridized carbons (Fsp3) is 0.594. The Balaban J connectivity index is 1.45. The Kier molecular flexibility index (Phi) is 9.34. The van der Waals surface area contributed by atoms with Crippen LogP contribution in [0.1, 0.15) is 60.3 Å². The highest BCUT2D eigenvalue weighted by atomic mass is 35.5. The number of hydrazine groups is 1. The lowest BCUT2D eigenvalue weighted by molar-refractivity contribution is -0.203. The molecule has 0 fully saturated rings. The van der Waals surface area contributed by atoms with Crippen molar-refractivity contribution in [1.82, 2.24) is 30.3 Å². The van der Waals surface area contributed by atoms with Crippen molar-refractivity contribution in [2.24, 2.45) is 5.41 Å². The molecule has 5 heterocycles. The van der Waals surface area contributed by atoms with Gasteiger partial charge in [0.2, 0.25) is 0 Å². The molecule has 0 bridgehead atoms. The number of nitrogens with one attached hydrogen (secondary N) is 1. The summed E-state index contributed by atoms with van der Waals surface area (Å²) in [6.07, 6.45) is 3.25. The highest BCUT2D eigenvalue weighted by Gasteiger charge is 2.60. The summed E-state index contributed by atoms with van der Waals surface area (Å²) in [6.45, 7) is 23.1. The van der Waals surface area contributed by atoms with Gasteiger partial charge in [0.05, 0.1) is 46.8 Å². The van der Waals surface area contributed by atoms with Crippen molar-refractivity contribution >= 4 is 45.5 Å². The first-order chi connectivity index (χ1) is 21.9. The molecule has 48 heavy (non-hydrogen) atoms. The second kappa shape index (κ2) is 12.1. The van der Waals surface area contributed by atoms with E-state index >= 15 is 0 Å². The SMILES string of the molecule is CC(C)(C)[Si](C)(C)OCC(O[Si](C)(C)C(C)(C)C)c1cnn(-c2ncc(N3C(Cl)C=C4C=CC5=C(N43)[C@](C)(C(F)(F)F)CN5)cc2Cl)n1. The van der Waals surface area contributed by atoms with Crippen molar-refractivity contribution in [2.75, 3.05) is 18.2 Å². The number of halogens is 5. The number of fused-ring (bicyclic) bond motifs is 2. The minimum absolute atomic E-state index is 0.0151. The van der Waals surface area contributed by atoms with Gasteiger partial charge in [0, 0.05) is 6.54 Å². The van der Waals surface area contributed by atoms with Gasteiger partial charge in [-0.2, -0.15) is 18.3 Å². The lowest BCUT2D eigenvalue weighted by atomic mass is 9.86. The molecule has 264 valence electrons. The molecule has 2 aromatic rings. The van der Waals surface area contributed by atoms with Crippen molar-refractivity contribution in [3.8, 4) is 5.82 Å². The number of hydrogen-bond donors (Lipinski definition) is 1. The fourth-order valence-corrected chi connectivity index (χ4v) is 8.01. The molecule has 5 rings (SSSR count). The molecule has 9 nitrogen and oxygen atoms in total. The molecule has 3 aliphatic heterocycles. The van der Waals surface area contributed by atoms with Crippen LogP contribution in [-0.2, 0) is 8.85 Å². The number of hydrogen-bond acceptors (Lipinski definition) is 8. The predicted molar refractivity (Wildman–Crippen MR) is 189 cm³/mol. The summed E-state index contributed by atoms with van der Waals surface area (Å²) in [5.41, 5.74) is -0.954. The minimum Gasteiger partial charge on any atom is -0.414 e. The van der Waals surface area contributed by atoms with Gasteiger partial charge >= 0.3 is 6.18 Å². The standard InChI is InChI=1S/C32H46Cl2F3N7O2Si2/c1-29(2,3)47(8,9)45-18-25(46-48(10,11)30(4,5)6)24-17-40-44(41-24)28-22(33)14-21(16-38-28)42-26(34)15-20-12-13-23-27(43(20)42)31(7,19-39-23)32(35,36)37/h12-17,25-26,39H,18-19H2,1-11H3/t25?,26?,31-/m1/s1. The summed E-state index contributed by atoms with van der Waals surface area (Å²) in [4.78, 5) is 5.91. The van der Waals surface area contributed by atoms with Crippen LogP contribution in [0.5, 0.6) is 0 Å². The van der Waals surface area contributed by atoms with Gasteiger partial charge in [0.15, 0.2) is 22.5 Å². The smallest absolute Gasteiger partial charge is 0.401 e. The van der Waals surface area contributed by atoms with Crippen LogP contribution in [0.2, 0.25) is 41.3 Å². The van der Waals surface area contributed by atoms with Crippen molar-refractivity contribution in [3.63, 3.8) is 0 Å². The monoisotopic (exact) mass is 743 g/mol. The summed E-state index contributed by atoms with van der Waals surface area (Å²) in [6, 6.07) is 1.61. The molecule has 16 heteroatoms. The van der Waals surface area contributed by atoms with E-state index in [2.05, 4.69) is 83.1 Å². The zero-order chi connectivity index (χ0) is 35.8. The molecule has 1 N–H and O–H groups in total. The fourth-order valence-electron chi connectivity index (χ4n) is 5.19. The van der Waals surface area contributed by atoms with Crippen LogP contribution >= 0.6 is 23.2 Å². The molecule has 2 aromatic heterocycles. The van der Waals surface area contributed by atoms with E-state index in [1.165, 1.54) is 22.9 Å². The third-order valence-electron chi connectivity index (χ3n) is 10.4. The van der Waals surface area contributed by atoms with E-state index < -0.39 is 39.8 Å². The molecular formula is C32H46Cl2F3N7O2Si2. The average molecular weight is 745 g/mol. The molecule has 3 atom stereocenters. The summed E-state index contributed by atoms with van der Waals surface area (Å²) >= 11 is 13.5. The molecular weight excluding hydrogens is 698 g/mol. The lowest BCUT2D eigenvalue weighted by Gasteiger charge is -2.42. The van der Waals surface area contributed by atoms with E-state index in [-0.39, 0.29) is 33.2 Å². The van der Waals surface area contributed by atoms with E-state index in [0.717, 1.165) is 0 Å². The first-order valence-electron chi connectivity index (χ1n) is 16.0. The minimum atomic E-state index is -4.51. The average Bonchev–Trinajstić information content (AvgIpc) is 3.65. The Labute approximate surface area is 293 Å². The van der Waals surface area contributed by atoms with Crippen molar-refractivity contribution in [1.29, 1.82) is 0 Å². The number of aromatic nitrogens is 4. The van der Waals surface area contributed by atoms with Crippen LogP contribution in [0, 0.1) is 5.41 Å². The topological polar surface area (TPSA) is 80.6 Å². The predicted octanol–water partition coefficient (Wildman–Crippen LogP) is 8.84. The van der Waals surface area contributed by atoms with Crippen LogP contribution in [0.4, 0.5) is 18.9 Å². The number of nitrogens with zero attached hydrogens (tertiary/aromatic N) is 6. The van der Waals surface area contributed by atoms with Crippen LogP contribution in [-0.4, -0.2) is 66.5 Å². The van der Waals surface area contributed by atoms with Crippen LogP contribution < -0.4 is 10.3 Å². The summed E-state index contributed by atoms with van der Waals surface area (Å²) in [5, 5.41) is 15.4. The van der Waals surface area contributed by atoms with Crippen molar-refractivity contribution < 1.29 is 22.0 Å². The Bertz CT molecular complexity index is 1660. The number of anilines is 1. The molecule has 0 saturated heterocycles.